The SMILES string of the molecule is O=Cc1cc2c3c(cnc2n1S(=O)(=O)c1ccccc1)CNC(=O)N3. The molecule has 0 fully saturated rings. The minimum atomic E-state index is -4.01. The molecule has 3 aromatic rings. The van der Waals surface area contributed by atoms with Crippen LogP contribution in [0, 0.1) is 0 Å². The summed E-state index contributed by atoms with van der Waals surface area (Å²) in [6.45, 7) is 0.275. The maximum atomic E-state index is 13.0. The van der Waals surface area contributed by atoms with Crippen LogP contribution in [0.5, 0.6) is 0 Å². The fourth-order valence-corrected chi connectivity index (χ4v) is 4.29. The summed E-state index contributed by atoms with van der Waals surface area (Å²) in [5.41, 5.74) is 1.19. The number of anilines is 1. The zero-order valence-corrected chi connectivity index (χ0v) is 13.6. The quantitative estimate of drug-likeness (QED) is 0.694. The molecule has 4 rings (SSSR count). The van der Waals surface area contributed by atoms with Crippen LogP contribution in [0.15, 0.2) is 47.5 Å². The Morgan fingerprint density at radius 1 is 1.20 bits per heavy atom. The number of amides is 2. The second-order valence-corrected chi connectivity index (χ2v) is 7.26. The van der Waals surface area contributed by atoms with Gasteiger partial charge in [-0.25, -0.2) is 22.2 Å². The van der Waals surface area contributed by atoms with E-state index >= 15 is 0 Å². The first-order valence-corrected chi connectivity index (χ1v) is 8.80. The Hall–Kier alpha value is -3.20. The number of pyridine rings is 1. The smallest absolute Gasteiger partial charge is 0.319 e. The minimum Gasteiger partial charge on any atom is -0.334 e. The molecule has 0 saturated heterocycles. The van der Waals surface area contributed by atoms with E-state index < -0.39 is 16.1 Å². The molecule has 1 aliphatic heterocycles. The third-order valence-electron chi connectivity index (χ3n) is 3.97. The Morgan fingerprint density at radius 2 is 1.96 bits per heavy atom. The summed E-state index contributed by atoms with van der Waals surface area (Å²) >= 11 is 0. The van der Waals surface area contributed by atoms with Crippen LogP contribution < -0.4 is 10.6 Å². The molecule has 0 atom stereocenters. The number of aromatic nitrogens is 2. The first kappa shape index (κ1) is 15.3. The summed E-state index contributed by atoms with van der Waals surface area (Å²) < 4.78 is 26.9. The Kier molecular flexibility index (Phi) is 3.32. The molecular formula is C16H12N4O4S. The van der Waals surface area contributed by atoms with Gasteiger partial charge in [-0.2, -0.15) is 0 Å². The number of nitrogens with one attached hydrogen (secondary N) is 2. The Labute approximate surface area is 142 Å². The van der Waals surface area contributed by atoms with Gasteiger partial charge in [0, 0.05) is 23.7 Å². The lowest BCUT2D eigenvalue weighted by atomic mass is 10.1. The number of urea groups is 1. The van der Waals surface area contributed by atoms with E-state index in [9.17, 15) is 18.0 Å². The van der Waals surface area contributed by atoms with Gasteiger partial charge < -0.3 is 10.6 Å². The van der Waals surface area contributed by atoms with Crippen molar-refractivity contribution in [3.8, 4) is 0 Å². The monoisotopic (exact) mass is 356 g/mol. The number of nitrogens with zero attached hydrogens (tertiary/aromatic N) is 2. The van der Waals surface area contributed by atoms with Crippen molar-refractivity contribution in [1.82, 2.24) is 14.3 Å². The topological polar surface area (TPSA) is 110 Å². The molecule has 0 aliphatic carbocycles. The molecule has 2 amide bonds. The van der Waals surface area contributed by atoms with E-state index in [0.717, 1.165) is 3.97 Å². The van der Waals surface area contributed by atoms with Gasteiger partial charge in [-0.3, -0.25) is 4.79 Å². The van der Waals surface area contributed by atoms with Gasteiger partial charge in [0.2, 0.25) is 0 Å². The Morgan fingerprint density at radius 3 is 2.68 bits per heavy atom. The molecule has 0 saturated carbocycles. The average Bonchev–Trinajstić information content (AvgIpc) is 3.02. The maximum absolute atomic E-state index is 13.0. The molecule has 9 heteroatoms. The number of hydrogen-bond acceptors (Lipinski definition) is 5. The Balaban J connectivity index is 2.04. The van der Waals surface area contributed by atoms with E-state index in [-0.39, 0.29) is 22.8 Å². The van der Waals surface area contributed by atoms with Crippen molar-refractivity contribution in [2.45, 2.75) is 11.4 Å². The van der Waals surface area contributed by atoms with Crippen molar-refractivity contribution in [2.24, 2.45) is 0 Å². The van der Waals surface area contributed by atoms with Crippen molar-refractivity contribution in [1.29, 1.82) is 0 Å². The lowest BCUT2D eigenvalue weighted by Gasteiger charge is -2.18. The molecule has 1 aliphatic rings. The first-order valence-electron chi connectivity index (χ1n) is 7.36. The highest BCUT2D eigenvalue weighted by atomic mass is 32.2. The second-order valence-electron chi connectivity index (χ2n) is 5.47. The zero-order valence-electron chi connectivity index (χ0n) is 12.8. The molecular weight excluding hydrogens is 344 g/mol. The van der Waals surface area contributed by atoms with Gasteiger partial charge in [0.1, 0.15) is 0 Å². The normalized spacial score (nSPS) is 13.8. The number of carbonyl (C=O) groups excluding carboxylic acids is 2. The van der Waals surface area contributed by atoms with E-state index in [1.165, 1.54) is 24.4 Å². The summed E-state index contributed by atoms with van der Waals surface area (Å²) in [7, 11) is -4.01. The third-order valence-corrected chi connectivity index (χ3v) is 5.71. The number of benzene rings is 1. The van der Waals surface area contributed by atoms with Crippen LogP contribution in [-0.4, -0.2) is 29.7 Å². The fourth-order valence-electron chi connectivity index (χ4n) is 2.83. The highest BCUT2D eigenvalue weighted by Crippen LogP contribution is 2.32. The maximum Gasteiger partial charge on any atom is 0.319 e. The summed E-state index contributed by atoms with van der Waals surface area (Å²) in [6, 6.07) is 8.80. The van der Waals surface area contributed by atoms with Gasteiger partial charge in [0.25, 0.3) is 10.0 Å². The molecule has 0 spiro atoms. The molecule has 2 aromatic heterocycles. The first-order chi connectivity index (χ1) is 12.0. The summed E-state index contributed by atoms with van der Waals surface area (Å²) in [6.07, 6.45) is 1.94. The lowest BCUT2D eigenvalue weighted by Crippen LogP contribution is -2.33. The predicted molar refractivity (Wildman–Crippen MR) is 90.0 cm³/mol. The number of carbonyl (C=O) groups is 2. The molecule has 0 unspecified atom stereocenters. The van der Waals surface area contributed by atoms with Crippen molar-refractivity contribution in [2.75, 3.05) is 5.32 Å². The number of rotatable bonds is 3. The molecule has 1 aromatic carbocycles. The standard InChI is InChI=1S/C16H12N4O4S/c21-9-11-6-13-14-10(8-18-16(22)19-14)7-17-15(13)20(11)25(23,24)12-4-2-1-3-5-12/h1-7,9H,8H2,(H2,18,19,22). The van der Waals surface area contributed by atoms with Crippen LogP contribution in [0.3, 0.4) is 0 Å². The van der Waals surface area contributed by atoms with Crippen molar-refractivity contribution in [3.63, 3.8) is 0 Å². The third kappa shape index (κ3) is 2.28. The average molecular weight is 356 g/mol. The van der Waals surface area contributed by atoms with E-state index in [2.05, 4.69) is 15.6 Å². The molecule has 2 N–H and O–H groups in total. The van der Waals surface area contributed by atoms with Crippen LogP contribution in [0.2, 0.25) is 0 Å². The van der Waals surface area contributed by atoms with Gasteiger partial charge in [-0.05, 0) is 18.2 Å². The van der Waals surface area contributed by atoms with Crippen molar-refractivity contribution < 1.29 is 18.0 Å². The van der Waals surface area contributed by atoms with Gasteiger partial charge in [-0.1, -0.05) is 18.2 Å². The molecule has 3 heterocycles. The second kappa shape index (κ2) is 5.42. The van der Waals surface area contributed by atoms with E-state index in [1.807, 2.05) is 0 Å². The van der Waals surface area contributed by atoms with Crippen molar-refractivity contribution in [3.05, 3.63) is 53.9 Å². The van der Waals surface area contributed by atoms with Crippen LogP contribution in [-0.2, 0) is 16.6 Å². The van der Waals surface area contributed by atoms with Gasteiger partial charge in [0.15, 0.2) is 11.9 Å². The highest BCUT2D eigenvalue weighted by molar-refractivity contribution is 7.90. The Bertz CT molecular complexity index is 1120. The number of hydrogen-bond donors (Lipinski definition) is 2. The van der Waals surface area contributed by atoms with E-state index in [1.54, 1.807) is 18.2 Å². The highest BCUT2D eigenvalue weighted by Gasteiger charge is 2.27. The number of fused-ring (bicyclic) bond motifs is 3. The summed E-state index contributed by atoms with van der Waals surface area (Å²) in [4.78, 5) is 27.4. The molecule has 126 valence electrons. The summed E-state index contributed by atoms with van der Waals surface area (Å²) in [5.74, 6) is 0. The van der Waals surface area contributed by atoms with Crippen LogP contribution >= 0.6 is 0 Å². The fraction of sp³-hybridized carbons (Fsp3) is 0.0625. The van der Waals surface area contributed by atoms with Gasteiger partial charge in [0.05, 0.1) is 16.3 Å². The molecule has 8 nitrogen and oxygen atoms in total. The number of aldehydes is 1. The predicted octanol–water partition coefficient (Wildman–Crippen LogP) is 1.72. The van der Waals surface area contributed by atoms with Crippen LogP contribution in [0.4, 0.5) is 10.5 Å². The van der Waals surface area contributed by atoms with E-state index in [0.29, 0.717) is 22.9 Å². The minimum absolute atomic E-state index is 0.0424. The van der Waals surface area contributed by atoms with Gasteiger partial charge >= 0.3 is 6.03 Å². The summed E-state index contributed by atoms with van der Waals surface area (Å²) in [5, 5.41) is 5.65. The van der Waals surface area contributed by atoms with Gasteiger partial charge in [-0.15, -0.1) is 0 Å². The van der Waals surface area contributed by atoms with E-state index in [4.69, 9.17) is 0 Å². The van der Waals surface area contributed by atoms with Crippen LogP contribution in [0.25, 0.3) is 11.0 Å². The molecule has 25 heavy (non-hydrogen) atoms. The molecule has 0 bridgehead atoms. The molecule has 0 radical (unpaired) electrons. The van der Waals surface area contributed by atoms with Crippen molar-refractivity contribution >= 4 is 39.1 Å². The lowest BCUT2D eigenvalue weighted by molar-refractivity contribution is 0.111. The zero-order chi connectivity index (χ0) is 17.6. The van der Waals surface area contributed by atoms with Crippen LogP contribution in [0.1, 0.15) is 16.1 Å². The largest absolute Gasteiger partial charge is 0.334 e.